The lowest BCUT2D eigenvalue weighted by Crippen LogP contribution is -2.19. The zero-order valence-corrected chi connectivity index (χ0v) is 14.3. The van der Waals surface area contributed by atoms with Crippen LogP contribution in [0.4, 0.5) is 0 Å². The zero-order chi connectivity index (χ0) is 16.2. The van der Waals surface area contributed by atoms with Gasteiger partial charge < -0.3 is 0 Å². The van der Waals surface area contributed by atoms with Crippen molar-refractivity contribution < 1.29 is 4.79 Å². The third kappa shape index (κ3) is 4.45. The average molecular weight is 315 g/mol. The van der Waals surface area contributed by atoms with E-state index in [4.69, 9.17) is 11.6 Å². The predicted octanol–water partition coefficient (Wildman–Crippen LogP) is 6.01. The van der Waals surface area contributed by atoms with Gasteiger partial charge in [0.05, 0.1) is 0 Å². The first-order valence-corrected chi connectivity index (χ1v) is 8.12. The summed E-state index contributed by atoms with van der Waals surface area (Å²) < 4.78 is 0. The Bertz CT molecular complexity index is 630. The van der Waals surface area contributed by atoms with Gasteiger partial charge in [-0.05, 0) is 67.0 Å². The second kappa shape index (κ2) is 7.11. The Hall–Kier alpha value is -1.60. The van der Waals surface area contributed by atoms with Gasteiger partial charge in [-0.15, -0.1) is 0 Å². The molecular formula is C20H23ClO. The predicted molar refractivity (Wildman–Crippen MR) is 95.0 cm³/mol. The van der Waals surface area contributed by atoms with Crippen LogP contribution in [-0.4, -0.2) is 5.78 Å². The summed E-state index contributed by atoms with van der Waals surface area (Å²) in [5, 5.41) is 0.699. The van der Waals surface area contributed by atoms with E-state index in [1.807, 2.05) is 36.4 Å². The molecule has 0 atom stereocenters. The Morgan fingerprint density at radius 3 is 2.41 bits per heavy atom. The molecule has 2 rings (SSSR count). The van der Waals surface area contributed by atoms with Crippen LogP contribution in [0.15, 0.2) is 53.6 Å². The normalized spacial score (nSPS) is 18.4. The first-order chi connectivity index (χ1) is 10.4. The van der Waals surface area contributed by atoms with Gasteiger partial charge in [0, 0.05) is 5.02 Å². The molecule has 0 N–H and O–H groups in total. The van der Waals surface area contributed by atoms with Gasteiger partial charge in [0.1, 0.15) is 0 Å². The Balaban J connectivity index is 2.06. The molecule has 1 aromatic rings. The molecule has 0 aromatic heterocycles. The van der Waals surface area contributed by atoms with Crippen LogP contribution in [0.2, 0.25) is 5.02 Å². The van der Waals surface area contributed by atoms with Crippen molar-refractivity contribution in [2.75, 3.05) is 0 Å². The van der Waals surface area contributed by atoms with Crippen molar-refractivity contribution >= 4 is 23.5 Å². The second-order valence-electron chi connectivity index (χ2n) is 6.55. The summed E-state index contributed by atoms with van der Waals surface area (Å²) >= 11 is 5.84. The van der Waals surface area contributed by atoms with Crippen LogP contribution in [-0.2, 0) is 4.79 Å². The molecule has 0 unspecified atom stereocenters. The minimum atomic E-state index is 0.0108. The lowest BCUT2D eigenvalue weighted by atomic mass is 9.72. The van der Waals surface area contributed by atoms with Crippen LogP contribution in [0.1, 0.15) is 45.6 Å². The maximum Gasteiger partial charge on any atom is 0.178 e. The monoisotopic (exact) mass is 314 g/mol. The van der Waals surface area contributed by atoms with Gasteiger partial charge in [-0.1, -0.05) is 55.3 Å². The van der Waals surface area contributed by atoms with E-state index < -0.39 is 0 Å². The van der Waals surface area contributed by atoms with Crippen molar-refractivity contribution in [1.29, 1.82) is 0 Å². The minimum absolute atomic E-state index is 0.0108. The molecule has 0 bridgehead atoms. The maximum atomic E-state index is 12.0. The van der Waals surface area contributed by atoms with E-state index in [9.17, 15) is 4.79 Å². The highest BCUT2D eigenvalue weighted by Gasteiger charge is 2.26. The van der Waals surface area contributed by atoms with Gasteiger partial charge in [-0.25, -0.2) is 0 Å². The maximum absolute atomic E-state index is 12.0. The summed E-state index contributed by atoms with van der Waals surface area (Å²) in [5.74, 6) is 0.0108. The molecule has 116 valence electrons. The van der Waals surface area contributed by atoms with Gasteiger partial charge >= 0.3 is 0 Å². The molecular weight excluding hydrogens is 292 g/mol. The number of rotatable bonds is 4. The van der Waals surface area contributed by atoms with Gasteiger partial charge in [0.15, 0.2) is 5.78 Å². The first kappa shape index (κ1) is 16.8. The van der Waals surface area contributed by atoms with Crippen molar-refractivity contribution in [3.05, 3.63) is 64.2 Å². The number of halogens is 1. The fourth-order valence-corrected chi connectivity index (χ4v) is 3.11. The lowest BCUT2D eigenvalue weighted by molar-refractivity contribution is -0.110. The van der Waals surface area contributed by atoms with E-state index in [1.54, 1.807) is 12.2 Å². The highest BCUT2D eigenvalue weighted by Crippen LogP contribution is 2.40. The number of hydrogen-bond acceptors (Lipinski definition) is 1. The third-order valence-corrected chi connectivity index (χ3v) is 4.52. The summed E-state index contributed by atoms with van der Waals surface area (Å²) in [6.45, 7) is 6.68. The SMILES string of the molecule is CC1=C(/C=C/C(=O)/C=C/c2ccc(Cl)cc2)C(C)(C)CCC1. The van der Waals surface area contributed by atoms with Crippen LogP contribution in [0.5, 0.6) is 0 Å². The van der Waals surface area contributed by atoms with Crippen molar-refractivity contribution in [2.45, 2.75) is 40.0 Å². The number of carbonyl (C=O) groups excluding carboxylic acids is 1. The molecule has 2 heteroatoms. The van der Waals surface area contributed by atoms with Crippen LogP contribution in [0, 0.1) is 5.41 Å². The Morgan fingerprint density at radius 2 is 1.77 bits per heavy atom. The standard InChI is InChI=1S/C20H23ClO/c1-15-5-4-14-20(2,3)19(15)13-12-18(22)11-8-16-6-9-17(21)10-7-16/h6-13H,4-5,14H2,1-3H3/b11-8+,13-12+. The van der Waals surface area contributed by atoms with E-state index >= 15 is 0 Å². The van der Waals surface area contributed by atoms with E-state index in [0.29, 0.717) is 5.02 Å². The molecule has 1 nitrogen and oxygen atoms in total. The Labute approximate surface area is 138 Å². The van der Waals surface area contributed by atoms with Crippen LogP contribution in [0.3, 0.4) is 0 Å². The molecule has 0 aliphatic heterocycles. The molecule has 0 heterocycles. The molecule has 1 aliphatic rings. The number of allylic oxidation sites excluding steroid dienone is 5. The van der Waals surface area contributed by atoms with Crippen molar-refractivity contribution in [3.63, 3.8) is 0 Å². The quantitative estimate of drug-likeness (QED) is 0.622. The number of ketones is 1. The Morgan fingerprint density at radius 1 is 1.14 bits per heavy atom. The molecule has 0 saturated carbocycles. The molecule has 22 heavy (non-hydrogen) atoms. The fraction of sp³-hybridized carbons (Fsp3) is 0.350. The van der Waals surface area contributed by atoms with E-state index in [0.717, 1.165) is 12.0 Å². The smallest absolute Gasteiger partial charge is 0.178 e. The topological polar surface area (TPSA) is 17.1 Å². The second-order valence-corrected chi connectivity index (χ2v) is 6.99. The van der Waals surface area contributed by atoms with Crippen LogP contribution < -0.4 is 0 Å². The molecule has 0 fully saturated rings. The van der Waals surface area contributed by atoms with E-state index in [1.165, 1.54) is 24.0 Å². The van der Waals surface area contributed by atoms with Crippen molar-refractivity contribution in [1.82, 2.24) is 0 Å². The van der Waals surface area contributed by atoms with Gasteiger partial charge in [0.2, 0.25) is 0 Å². The van der Waals surface area contributed by atoms with Crippen LogP contribution >= 0.6 is 11.6 Å². The number of hydrogen-bond donors (Lipinski definition) is 0. The van der Waals surface area contributed by atoms with E-state index in [2.05, 4.69) is 20.8 Å². The molecule has 1 aromatic carbocycles. The molecule has 0 amide bonds. The van der Waals surface area contributed by atoms with Gasteiger partial charge in [0.25, 0.3) is 0 Å². The summed E-state index contributed by atoms with van der Waals surface area (Å²) in [7, 11) is 0. The van der Waals surface area contributed by atoms with E-state index in [-0.39, 0.29) is 11.2 Å². The average Bonchev–Trinajstić information content (AvgIpc) is 2.45. The number of carbonyl (C=O) groups is 1. The lowest BCUT2D eigenvalue weighted by Gasteiger charge is -2.32. The van der Waals surface area contributed by atoms with Crippen LogP contribution in [0.25, 0.3) is 6.08 Å². The van der Waals surface area contributed by atoms with Crippen molar-refractivity contribution in [3.8, 4) is 0 Å². The number of benzene rings is 1. The first-order valence-electron chi connectivity index (χ1n) is 7.74. The molecule has 0 saturated heterocycles. The minimum Gasteiger partial charge on any atom is -0.290 e. The molecule has 0 spiro atoms. The highest BCUT2D eigenvalue weighted by atomic mass is 35.5. The molecule has 1 aliphatic carbocycles. The summed E-state index contributed by atoms with van der Waals surface area (Å²) in [6, 6.07) is 7.43. The van der Waals surface area contributed by atoms with Gasteiger partial charge in [-0.2, -0.15) is 0 Å². The Kier molecular flexibility index (Phi) is 5.42. The zero-order valence-electron chi connectivity index (χ0n) is 13.5. The molecule has 0 radical (unpaired) electrons. The summed E-state index contributed by atoms with van der Waals surface area (Å²) in [6.07, 6.45) is 10.7. The summed E-state index contributed by atoms with van der Waals surface area (Å²) in [4.78, 5) is 12.0. The fourth-order valence-electron chi connectivity index (χ4n) is 2.98. The third-order valence-electron chi connectivity index (χ3n) is 4.27. The highest BCUT2D eigenvalue weighted by molar-refractivity contribution is 6.30. The largest absolute Gasteiger partial charge is 0.290 e. The summed E-state index contributed by atoms with van der Waals surface area (Å²) in [5.41, 5.74) is 3.85. The van der Waals surface area contributed by atoms with Gasteiger partial charge in [-0.3, -0.25) is 4.79 Å². The van der Waals surface area contributed by atoms with Crippen molar-refractivity contribution in [2.24, 2.45) is 5.41 Å².